The Kier molecular flexibility index (Phi) is 3.18. The van der Waals surface area contributed by atoms with Gasteiger partial charge in [-0.05, 0) is 24.3 Å². The average molecular weight is 250 g/mol. The van der Waals surface area contributed by atoms with Crippen LogP contribution >= 0.6 is 0 Å². The van der Waals surface area contributed by atoms with Gasteiger partial charge in [0.2, 0.25) is 0 Å². The molecule has 2 rings (SSSR count). The van der Waals surface area contributed by atoms with Gasteiger partial charge in [-0.1, -0.05) is 6.07 Å². The van der Waals surface area contributed by atoms with E-state index in [-0.39, 0.29) is 17.1 Å². The Labute approximate surface area is 101 Å². The maximum atomic E-state index is 13.3. The van der Waals surface area contributed by atoms with Gasteiger partial charge in [0.15, 0.2) is 17.3 Å². The summed E-state index contributed by atoms with van der Waals surface area (Å²) >= 11 is 0. The highest BCUT2D eigenvalue weighted by atomic mass is 19.2. The van der Waals surface area contributed by atoms with Crippen molar-refractivity contribution in [2.24, 2.45) is 0 Å². The van der Waals surface area contributed by atoms with Gasteiger partial charge in [0.05, 0.1) is 5.69 Å². The molecule has 0 unspecified atom stereocenters. The van der Waals surface area contributed by atoms with Crippen molar-refractivity contribution in [3.8, 4) is 5.75 Å². The van der Waals surface area contributed by atoms with Crippen molar-refractivity contribution in [3.63, 3.8) is 0 Å². The Morgan fingerprint density at radius 2 is 2.00 bits per heavy atom. The molecule has 1 amide bonds. The minimum Gasteiger partial charge on any atom is -0.505 e. The number of nitrogens with one attached hydrogen (secondary N) is 1. The van der Waals surface area contributed by atoms with Crippen molar-refractivity contribution in [2.45, 2.75) is 0 Å². The molecule has 6 heteroatoms. The lowest BCUT2D eigenvalue weighted by molar-refractivity contribution is 0.101. The van der Waals surface area contributed by atoms with Crippen molar-refractivity contribution < 1.29 is 18.7 Å². The number of nitrogens with zero attached hydrogens (tertiary/aromatic N) is 1. The van der Waals surface area contributed by atoms with E-state index in [2.05, 4.69) is 10.3 Å². The lowest BCUT2D eigenvalue weighted by Crippen LogP contribution is -2.15. The first-order valence-electron chi connectivity index (χ1n) is 4.99. The van der Waals surface area contributed by atoms with Gasteiger partial charge in [-0.25, -0.2) is 13.8 Å². The van der Waals surface area contributed by atoms with Crippen molar-refractivity contribution in [1.82, 2.24) is 4.98 Å². The number of carbonyl (C=O) groups is 1. The summed E-state index contributed by atoms with van der Waals surface area (Å²) in [6.45, 7) is 0. The van der Waals surface area contributed by atoms with Crippen LogP contribution in [0.2, 0.25) is 0 Å². The molecule has 0 spiro atoms. The summed E-state index contributed by atoms with van der Waals surface area (Å²) < 4.78 is 26.2. The fraction of sp³-hybridized carbons (Fsp3) is 0. The number of pyridine rings is 1. The molecule has 1 aromatic heterocycles. The molecule has 92 valence electrons. The molecule has 0 aliphatic heterocycles. The van der Waals surface area contributed by atoms with Crippen molar-refractivity contribution in [2.75, 3.05) is 5.32 Å². The van der Waals surface area contributed by atoms with Gasteiger partial charge in [-0.3, -0.25) is 4.79 Å². The molecule has 0 aliphatic rings. The molecule has 1 heterocycles. The number of benzene rings is 1. The second kappa shape index (κ2) is 4.79. The third-order valence-electron chi connectivity index (χ3n) is 2.20. The van der Waals surface area contributed by atoms with E-state index in [1.165, 1.54) is 30.5 Å². The molecule has 0 saturated carbocycles. The Balaban J connectivity index is 2.27. The maximum absolute atomic E-state index is 13.3. The fourth-order valence-electron chi connectivity index (χ4n) is 1.35. The lowest BCUT2D eigenvalue weighted by atomic mass is 10.2. The largest absolute Gasteiger partial charge is 0.505 e. The molecular weight excluding hydrogens is 242 g/mol. The maximum Gasteiger partial charge on any atom is 0.278 e. The van der Waals surface area contributed by atoms with Crippen LogP contribution in [0, 0.1) is 11.6 Å². The zero-order valence-electron chi connectivity index (χ0n) is 9.02. The highest BCUT2D eigenvalue weighted by Gasteiger charge is 2.15. The van der Waals surface area contributed by atoms with Gasteiger partial charge in [-0.2, -0.15) is 0 Å². The summed E-state index contributed by atoms with van der Waals surface area (Å²) in [7, 11) is 0. The van der Waals surface area contributed by atoms with Crippen LogP contribution in [-0.2, 0) is 0 Å². The molecule has 1 aromatic carbocycles. The van der Waals surface area contributed by atoms with E-state index in [1.54, 1.807) is 0 Å². The Hall–Kier alpha value is -2.50. The number of rotatable bonds is 2. The third-order valence-corrected chi connectivity index (χ3v) is 2.20. The normalized spacial score (nSPS) is 10.1. The number of carbonyl (C=O) groups excluding carboxylic acids is 1. The van der Waals surface area contributed by atoms with Crippen molar-refractivity contribution >= 4 is 11.6 Å². The van der Waals surface area contributed by atoms with Gasteiger partial charge in [0.1, 0.15) is 5.75 Å². The molecule has 2 aromatic rings. The van der Waals surface area contributed by atoms with E-state index in [0.717, 1.165) is 6.07 Å². The molecule has 18 heavy (non-hydrogen) atoms. The van der Waals surface area contributed by atoms with Crippen LogP contribution in [0.25, 0.3) is 0 Å². The van der Waals surface area contributed by atoms with Crippen molar-refractivity contribution in [1.29, 1.82) is 0 Å². The highest BCUT2D eigenvalue weighted by Crippen LogP contribution is 2.19. The number of amides is 1. The van der Waals surface area contributed by atoms with E-state index in [1.807, 2.05) is 0 Å². The first-order valence-corrected chi connectivity index (χ1v) is 4.99. The standard InChI is InChI=1S/C12H8F2N2O2/c13-7-3-1-4-8(10(7)14)16-12(18)11-9(17)5-2-6-15-11/h1-6,17H,(H,16,18). The number of aromatic hydroxyl groups is 1. The first-order chi connectivity index (χ1) is 8.59. The monoisotopic (exact) mass is 250 g/mol. The molecule has 0 saturated heterocycles. The summed E-state index contributed by atoms with van der Waals surface area (Å²) in [5.41, 5.74) is -0.578. The Morgan fingerprint density at radius 1 is 1.22 bits per heavy atom. The van der Waals surface area contributed by atoms with E-state index >= 15 is 0 Å². The highest BCUT2D eigenvalue weighted by molar-refractivity contribution is 6.04. The summed E-state index contributed by atoms with van der Waals surface area (Å²) in [6, 6.07) is 6.10. The Bertz CT molecular complexity index is 602. The van der Waals surface area contributed by atoms with Gasteiger partial charge in [0.25, 0.3) is 5.91 Å². The number of aromatic nitrogens is 1. The van der Waals surface area contributed by atoms with E-state index < -0.39 is 17.5 Å². The smallest absolute Gasteiger partial charge is 0.278 e. The molecule has 4 nitrogen and oxygen atoms in total. The fourth-order valence-corrected chi connectivity index (χ4v) is 1.35. The van der Waals surface area contributed by atoms with Crippen LogP contribution in [0.4, 0.5) is 14.5 Å². The van der Waals surface area contributed by atoms with Gasteiger partial charge in [-0.15, -0.1) is 0 Å². The SMILES string of the molecule is O=C(Nc1cccc(F)c1F)c1ncccc1O. The molecule has 2 N–H and O–H groups in total. The number of anilines is 1. The van der Waals surface area contributed by atoms with Crippen LogP contribution in [-0.4, -0.2) is 16.0 Å². The summed E-state index contributed by atoms with van der Waals surface area (Å²) in [6.07, 6.45) is 1.30. The molecule has 0 aliphatic carbocycles. The zero-order chi connectivity index (χ0) is 13.1. The first kappa shape index (κ1) is 12.0. The summed E-state index contributed by atoms with van der Waals surface area (Å²) in [5.74, 6) is -3.40. The van der Waals surface area contributed by atoms with E-state index in [9.17, 15) is 18.7 Å². The molecule has 0 atom stereocenters. The average Bonchev–Trinajstić information content (AvgIpc) is 2.35. The van der Waals surface area contributed by atoms with Crippen LogP contribution in [0.1, 0.15) is 10.5 Å². The lowest BCUT2D eigenvalue weighted by Gasteiger charge is -2.07. The van der Waals surface area contributed by atoms with E-state index in [4.69, 9.17) is 0 Å². The number of halogens is 2. The van der Waals surface area contributed by atoms with Crippen LogP contribution in [0.5, 0.6) is 5.75 Å². The van der Waals surface area contributed by atoms with Crippen LogP contribution in [0.3, 0.4) is 0 Å². The quantitative estimate of drug-likeness (QED) is 0.859. The minimum absolute atomic E-state index is 0.263. The van der Waals surface area contributed by atoms with Crippen molar-refractivity contribution in [3.05, 3.63) is 53.9 Å². The van der Waals surface area contributed by atoms with Crippen LogP contribution in [0.15, 0.2) is 36.5 Å². The number of hydrogen-bond donors (Lipinski definition) is 2. The molecule has 0 radical (unpaired) electrons. The summed E-state index contributed by atoms with van der Waals surface area (Å²) in [5, 5.41) is 11.5. The van der Waals surface area contributed by atoms with Gasteiger partial charge in [0, 0.05) is 6.20 Å². The number of hydrogen-bond acceptors (Lipinski definition) is 3. The predicted molar refractivity (Wildman–Crippen MR) is 60.2 cm³/mol. The van der Waals surface area contributed by atoms with Gasteiger partial charge < -0.3 is 10.4 Å². The third kappa shape index (κ3) is 2.27. The molecule has 0 bridgehead atoms. The van der Waals surface area contributed by atoms with E-state index in [0.29, 0.717) is 0 Å². The van der Waals surface area contributed by atoms with Crippen LogP contribution < -0.4 is 5.32 Å². The topological polar surface area (TPSA) is 62.2 Å². The second-order valence-corrected chi connectivity index (χ2v) is 3.43. The zero-order valence-corrected chi connectivity index (χ0v) is 9.02. The molecular formula is C12H8F2N2O2. The summed E-state index contributed by atoms with van der Waals surface area (Å²) in [4.78, 5) is 15.3. The molecule has 0 fully saturated rings. The predicted octanol–water partition coefficient (Wildman–Crippen LogP) is 2.32. The second-order valence-electron chi connectivity index (χ2n) is 3.43. The Morgan fingerprint density at radius 3 is 2.72 bits per heavy atom. The van der Waals surface area contributed by atoms with Gasteiger partial charge >= 0.3 is 0 Å². The minimum atomic E-state index is -1.17.